The van der Waals surface area contributed by atoms with Gasteiger partial charge < -0.3 is 15.2 Å². The van der Waals surface area contributed by atoms with Crippen molar-refractivity contribution in [2.75, 3.05) is 13.7 Å². The average Bonchev–Trinajstić information content (AvgIpc) is 2.50. The summed E-state index contributed by atoms with van der Waals surface area (Å²) in [6.45, 7) is 2.65. The van der Waals surface area contributed by atoms with Crippen molar-refractivity contribution in [3.63, 3.8) is 0 Å². The van der Waals surface area contributed by atoms with Crippen molar-refractivity contribution in [3.8, 4) is 17.2 Å². The van der Waals surface area contributed by atoms with Gasteiger partial charge in [0.25, 0.3) is 0 Å². The Morgan fingerprint density at radius 1 is 1.05 bits per heavy atom. The predicted octanol–water partition coefficient (Wildman–Crippen LogP) is 4.20. The molecular formula is C17H20ClNO2. The van der Waals surface area contributed by atoms with Gasteiger partial charge in [-0.25, -0.2) is 0 Å². The molecule has 0 aliphatic carbocycles. The van der Waals surface area contributed by atoms with Gasteiger partial charge in [-0.1, -0.05) is 24.6 Å². The Morgan fingerprint density at radius 3 is 2.48 bits per heavy atom. The molecule has 2 aromatic carbocycles. The molecule has 112 valence electrons. The van der Waals surface area contributed by atoms with E-state index in [1.54, 1.807) is 7.11 Å². The van der Waals surface area contributed by atoms with Gasteiger partial charge in [0.15, 0.2) is 11.5 Å². The third-order valence-electron chi connectivity index (χ3n) is 3.29. The van der Waals surface area contributed by atoms with Crippen LogP contribution in [0.2, 0.25) is 5.02 Å². The van der Waals surface area contributed by atoms with Gasteiger partial charge in [-0.05, 0) is 60.8 Å². The zero-order chi connectivity index (χ0) is 15.2. The van der Waals surface area contributed by atoms with Crippen LogP contribution in [0, 0.1) is 0 Å². The predicted molar refractivity (Wildman–Crippen MR) is 86.7 cm³/mol. The lowest BCUT2D eigenvalue weighted by Gasteiger charge is -2.14. The fourth-order valence-electron chi connectivity index (χ4n) is 2.13. The number of methoxy groups -OCH3 is 1. The molecule has 4 heteroatoms. The van der Waals surface area contributed by atoms with Gasteiger partial charge in [0.1, 0.15) is 5.75 Å². The summed E-state index contributed by atoms with van der Waals surface area (Å²) in [5, 5.41) is 0.680. The van der Waals surface area contributed by atoms with Crippen molar-refractivity contribution < 1.29 is 9.47 Å². The van der Waals surface area contributed by atoms with Gasteiger partial charge in [-0.2, -0.15) is 0 Å². The molecule has 0 aliphatic rings. The van der Waals surface area contributed by atoms with Crippen molar-refractivity contribution in [2.45, 2.75) is 19.8 Å². The Hall–Kier alpha value is -1.71. The minimum absolute atomic E-state index is 0.544. The van der Waals surface area contributed by atoms with E-state index >= 15 is 0 Å². The molecule has 0 saturated carbocycles. The third-order valence-corrected chi connectivity index (χ3v) is 3.53. The largest absolute Gasteiger partial charge is 0.493 e. The Labute approximate surface area is 130 Å². The molecule has 21 heavy (non-hydrogen) atoms. The highest BCUT2D eigenvalue weighted by molar-refractivity contribution is 6.30. The second-order valence-electron chi connectivity index (χ2n) is 4.73. The summed E-state index contributed by atoms with van der Waals surface area (Å²) >= 11 is 6.03. The zero-order valence-electron chi connectivity index (χ0n) is 12.4. The summed E-state index contributed by atoms with van der Waals surface area (Å²) in [4.78, 5) is 0. The van der Waals surface area contributed by atoms with Gasteiger partial charge in [0.05, 0.1) is 7.11 Å². The van der Waals surface area contributed by atoms with Crippen LogP contribution in [0.1, 0.15) is 18.1 Å². The number of benzene rings is 2. The topological polar surface area (TPSA) is 44.5 Å². The zero-order valence-corrected chi connectivity index (χ0v) is 13.1. The fourth-order valence-corrected chi connectivity index (χ4v) is 2.33. The number of nitrogens with two attached hydrogens (primary N) is 1. The molecule has 0 saturated heterocycles. The molecule has 0 spiro atoms. The number of aryl methyl sites for hydroxylation is 1. The lowest BCUT2D eigenvalue weighted by molar-refractivity contribution is 0.377. The highest BCUT2D eigenvalue weighted by Gasteiger charge is 2.10. The molecule has 0 amide bonds. The first kappa shape index (κ1) is 15.7. The summed E-state index contributed by atoms with van der Waals surface area (Å²) in [6, 6.07) is 11.5. The first-order chi connectivity index (χ1) is 10.2. The average molecular weight is 306 g/mol. The molecule has 0 heterocycles. The van der Waals surface area contributed by atoms with Gasteiger partial charge >= 0.3 is 0 Å². The Kier molecular flexibility index (Phi) is 5.48. The number of ether oxygens (including phenoxy) is 2. The van der Waals surface area contributed by atoms with E-state index in [-0.39, 0.29) is 0 Å². The van der Waals surface area contributed by atoms with E-state index in [1.807, 2.05) is 36.4 Å². The summed E-state index contributed by atoms with van der Waals surface area (Å²) < 4.78 is 11.4. The van der Waals surface area contributed by atoms with E-state index in [0.717, 1.165) is 23.5 Å². The molecule has 2 aromatic rings. The maximum absolute atomic E-state index is 6.03. The van der Waals surface area contributed by atoms with Gasteiger partial charge in [0.2, 0.25) is 0 Å². The normalized spacial score (nSPS) is 10.5. The van der Waals surface area contributed by atoms with E-state index in [0.29, 0.717) is 23.7 Å². The van der Waals surface area contributed by atoms with Crippen LogP contribution < -0.4 is 15.2 Å². The van der Waals surface area contributed by atoms with Crippen molar-refractivity contribution in [1.82, 2.24) is 0 Å². The fraction of sp³-hybridized carbons (Fsp3) is 0.294. The van der Waals surface area contributed by atoms with Crippen molar-refractivity contribution in [1.29, 1.82) is 0 Å². The minimum Gasteiger partial charge on any atom is -0.493 e. The Balaban J connectivity index is 2.33. The standard InChI is InChI=1S/C17H20ClNO2/c1-3-12-4-6-16(17(10-12)20-2)21-15-7-5-14(18)11-13(15)8-9-19/h4-7,10-11H,3,8-9,19H2,1-2H3. The third kappa shape index (κ3) is 3.90. The van der Waals surface area contributed by atoms with Gasteiger partial charge in [-0.15, -0.1) is 0 Å². The summed E-state index contributed by atoms with van der Waals surface area (Å²) in [5.41, 5.74) is 7.84. The maximum Gasteiger partial charge on any atom is 0.169 e. The van der Waals surface area contributed by atoms with Gasteiger partial charge in [-0.3, -0.25) is 0 Å². The maximum atomic E-state index is 6.03. The van der Waals surface area contributed by atoms with Gasteiger partial charge in [0, 0.05) is 5.02 Å². The summed E-state index contributed by atoms with van der Waals surface area (Å²) in [6.07, 6.45) is 1.67. The lowest BCUT2D eigenvalue weighted by atomic mass is 10.1. The molecule has 3 nitrogen and oxygen atoms in total. The van der Waals surface area contributed by atoms with E-state index in [2.05, 4.69) is 6.92 Å². The summed E-state index contributed by atoms with van der Waals surface area (Å²) in [7, 11) is 1.64. The second-order valence-corrected chi connectivity index (χ2v) is 5.17. The number of halogens is 1. The molecule has 0 fully saturated rings. The minimum atomic E-state index is 0.544. The molecule has 0 unspecified atom stereocenters. The second kappa shape index (κ2) is 7.34. The van der Waals surface area contributed by atoms with Crippen LogP contribution in [0.25, 0.3) is 0 Å². The molecule has 0 aliphatic heterocycles. The van der Waals surface area contributed by atoms with Crippen LogP contribution in [0.4, 0.5) is 0 Å². The Morgan fingerprint density at radius 2 is 1.81 bits per heavy atom. The lowest BCUT2D eigenvalue weighted by Crippen LogP contribution is -2.04. The van der Waals surface area contributed by atoms with Crippen LogP contribution in [-0.2, 0) is 12.8 Å². The van der Waals surface area contributed by atoms with Crippen LogP contribution in [0.15, 0.2) is 36.4 Å². The molecule has 0 bridgehead atoms. The van der Waals surface area contributed by atoms with E-state index in [9.17, 15) is 0 Å². The number of hydrogen-bond acceptors (Lipinski definition) is 3. The van der Waals surface area contributed by atoms with E-state index < -0.39 is 0 Å². The SMILES string of the molecule is CCc1ccc(Oc2ccc(Cl)cc2CCN)c(OC)c1. The molecule has 0 aromatic heterocycles. The van der Waals surface area contributed by atoms with Crippen molar-refractivity contribution >= 4 is 11.6 Å². The molecule has 0 radical (unpaired) electrons. The summed E-state index contributed by atoms with van der Waals surface area (Å²) in [5.74, 6) is 2.17. The quantitative estimate of drug-likeness (QED) is 0.869. The highest BCUT2D eigenvalue weighted by Crippen LogP contribution is 2.35. The van der Waals surface area contributed by atoms with E-state index in [1.165, 1.54) is 5.56 Å². The molecular weight excluding hydrogens is 286 g/mol. The van der Waals surface area contributed by atoms with Crippen LogP contribution in [0.3, 0.4) is 0 Å². The highest BCUT2D eigenvalue weighted by atomic mass is 35.5. The Bertz CT molecular complexity index is 614. The van der Waals surface area contributed by atoms with Crippen LogP contribution in [0.5, 0.6) is 17.2 Å². The van der Waals surface area contributed by atoms with Crippen LogP contribution in [-0.4, -0.2) is 13.7 Å². The first-order valence-corrected chi connectivity index (χ1v) is 7.39. The molecule has 0 atom stereocenters. The van der Waals surface area contributed by atoms with E-state index in [4.69, 9.17) is 26.8 Å². The van der Waals surface area contributed by atoms with Crippen LogP contribution >= 0.6 is 11.6 Å². The molecule has 2 N–H and O–H groups in total. The molecule has 2 rings (SSSR count). The van der Waals surface area contributed by atoms with Crippen molar-refractivity contribution in [2.24, 2.45) is 5.73 Å². The smallest absolute Gasteiger partial charge is 0.169 e. The number of rotatable bonds is 6. The number of hydrogen-bond donors (Lipinski definition) is 1. The van der Waals surface area contributed by atoms with Crippen molar-refractivity contribution in [3.05, 3.63) is 52.5 Å². The monoisotopic (exact) mass is 305 g/mol. The first-order valence-electron chi connectivity index (χ1n) is 7.01.